The van der Waals surface area contributed by atoms with Crippen molar-refractivity contribution in [3.8, 4) is 0 Å². The predicted octanol–water partition coefficient (Wildman–Crippen LogP) is 2.64. The second-order valence-corrected chi connectivity index (χ2v) is 5.44. The number of hydrogen-bond donors (Lipinski definition) is 3. The summed E-state index contributed by atoms with van der Waals surface area (Å²) < 4.78 is 1.01. The van der Waals surface area contributed by atoms with Crippen LogP contribution in [0.3, 0.4) is 0 Å². The quantitative estimate of drug-likeness (QED) is 0.784. The van der Waals surface area contributed by atoms with Crippen LogP contribution in [0.1, 0.15) is 35.1 Å². The van der Waals surface area contributed by atoms with Gasteiger partial charge in [-0.2, -0.15) is 5.10 Å². The van der Waals surface area contributed by atoms with E-state index in [2.05, 4.69) is 31.4 Å². The lowest BCUT2D eigenvalue weighted by molar-refractivity contribution is 0.0947. The van der Waals surface area contributed by atoms with Crippen molar-refractivity contribution in [1.29, 1.82) is 0 Å². The van der Waals surface area contributed by atoms with Gasteiger partial charge < -0.3 is 11.1 Å². The molecule has 1 heterocycles. The van der Waals surface area contributed by atoms with E-state index >= 15 is 0 Å². The summed E-state index contributed by atoms with van der Waals surface area (Å²) in [6.45, 7) is 2.50. The summed E-state index contributed by atoms with van der Waals surface area (Å²) in [5.41, 5.74) is 8.47. The zero-order chi connectivity index (χ0) is 14.5. The molecule has 0 aliphatic heterocycles. The lowest BCUT2D eigenvalue weighted by Gasteiger charge is -2.04. The lowest BCUT2D eigenvalue weighted by atomic mass is 10.2. The maximum atomic E-state index is 12.0. The molecule has 0 atom stereocenters. The van der Waals surface area contributed by atoms with Gasteiger partial charge >= 0.3 is 0 Å². The van der Waals surface area contributed by atoms with Crippen molar-refractivity contribution in [2.45, 2.75) is 26.3 Å². The minimum absolute atomic E-state index is 0.260. The molecule has 6 heteroatoms. The summed E-state index contributed by atoms with van der Waals surface area (Å²) in [7, 11) is 0. The van der Waals surface area contributed by atoms with Gasteiger partial charge in [-0.1, -0.05) is 41.4 Å². The molecular weight excluding hydrogens is 320 g/mol. The van der Waals surface area contributed by atoms with Crippen LogP contribution in [0, 0.1) is 0 Å². The number of anilines is 1. The molecule has 4 N–H and O–H groups in total. The Labute approximate surface area is 126 Å². The van der Waals surface area contributed by atoms with Gasteiger partial charge in [0.15, 0.2) is 5.69 Å². The third kappa shape index (κ3) is 3.39. The first-order valence-corrected chi connectivity index (χ1v) is 7.26. The minimum Gasteiger partial charge on any atom is -0.395 e. The fraction of sp³-hybridized carbons (Fsp3) is 0.286. The Bertz CT molecular complexity index is 592. The van der Waals surface area contributed by atoms with Gasteiger partial charge in [-0.25, -0.2) is 0 Å². The highest BCUT2D eigenvalue weighted by molar-refractivity contribution is 9.10. The number of nitrogen functional groups attached to an aromatic ring is 1. The van der Waals surface area contributed by atoms with E-state index in [4.69, 9.17) is 5.73 Å². The third-order valence-electron chi connectivity index (χ3n) is 2.96. The Morgan fingerprint density at radius 1 is 1.40 bits per heavy atom. The van der Waals surface area contributed by atoms with Crippen molar-refractivity contribution >= 4 is 27.5 Å². The molecule has 1 amide bonds. The summed E-state index contributed by atoms with van der Waals surface area (Å²) >= 11 is 3.37. The zero-order valence-corrected chi connectivity index (χ0v) is 12.8. The average molecular weight is 337 g/mol. The number of aryl methyl sites for hydroxylation is 1. The molecule has 5 nitrogen and oxygen atoms in total. The number of rotatable bonds is 5. The van der Waals surface area contributed by atoms with Gasteiger partial charge in [0.25, 0.3) is 5.91 Å². The van der Waals surface area contributed by atoms with Gasteiger partial charge in [0.2, 0.25) is 0 Å². The maximum Gasteiger partial charge on any atom is 0.274 e. The summed E-state index contributed by atoms with van der Waals surface area (Å²) in [6, 6.07) is 7.76. The number of amides is 1. The van der Waals surface area contributed by atoms with Crippen LogP contribution >= 0.6 is 15.9 Å². The maximum absolute atomic E-state index is 12.0. The Balaban J connectivity index is 1.99. The van der Waals surface area contributed by atoms with Crippen molar-refractivity contribution in [1.82, 2.24) is 15.5 Å². The molecule has 2 rings (SSSR count). The summed E-state index contributed by atoms with van der Waals surface area (Å²) in [4.78, 5) is 12.0. The molecule has 0 aliphatic carbocycles. The van der Waals surface area contributed by atoms with Gasteiger partial charge in [0.05, 0.1) is 11.4 Å². The number of aromatic nitrogens is 2. The number of halogens is 1. The van der Waals surface area contributed by atoms with Crippen molar-refractivity contribution in [2.24, 2.45) is 0 Å². The fourth-order valence-electron chi connectivity index (χ4n) is 1.87. The molecule has 0 radical (unpaired) electrons. The van der Waals surface area contributed by atoms with Crippen LogP contribution < -0.4 is 11.1 Å². The molecular formula is C14H17BrN4O. The molecule has 0 saturated heterocycles. The second-order valence-electron chi connectivity index (χ2n) is 4.52. The molecule has 0 aliphatic rings. The molecule has 106 valence electrons. The Kier molecular flexibility index (Phi) is 4.79. The smallest absolute Gasteiger partial charge is 0.274 e. The molecule has 0 saturated carbocycles. The average Bonchev–Trinajstić information content (AvgIpc) is 2.80. The van der Waals surface area contributed by atoms with E-state index in [-0.39, 0.29) is 11.6 Å². The zero-order valence-electron chi connectivity index (χ0n) is 11.2. The van der Waals surface area contributed by atoms with E-state index in [0.717, 1.165) is 28.6 Å². The monoisotopic (exact) mass is 336 g/mol. The fourth-order valence-corrected chi connectivity index (χ4v) is 2.13. The number of carbonyl (C=O) groups is 1. The van der Waals surface area contributed by atoms with Gasteiger partial charge in [-0.3, -0.25) is 9.89 Å². The van der Waals surface area contributed by atoms with Gasteiger partial charge in [0, 0.05) is 11.0 Å². The topological polar surface area (TPSA) is 83.8 Å². The van der Waals surface area contributed by atoms with Crippen LogP contribution in [-0.2, 0) is 13.0 Å². The van der Waals surface area contributed by atoms with Gasteiger partial charge in [-0.05, 0) is 24.1 Å². The van der Waals surface area contributed by atoms with E-state index in [1.165, 1.54) is 0 Å². The van der Waals surface area contributed by atoms with E-state index < -0.39 is 0 Å². The molecule has 1 aromatic carbocycles. The molecule has 0 fully saturated rings. The standard InChI is InChI=1S/C14H17BrN4O/c1-2-3-11-12(16)13(19-18-11)14(20)17-8-9-4-6-10(15)7-5-9/h4-7H,2-3,8,16H2,1H3,(H,17,20)(H,18,19). The highest BCUT2D eigenvalue weighted by Gasteiger charge is 2.16. The molecule has 20 heavy (non-hydrogen) atoms. The number of nitrogens with one attached hydrogen (secondary N) is 2. The number of carbonyl (C=O) groups excluding carboxylic acids is 1. The number of hydrogen-bond acceptors (Lipinski definition) is 3. The Morgan fingerprint density at radius 2 is 2.10 bits per heavy atom. The predicted molar refractivity (Wildman–Crippen MR) is 82.3 cm³/mol. The first kappa shape index (κ1) is 14.6. The summed E-state index contributed by atoms with van der Waals surface area (Å²) in [5.74, 6) is -0.260. The van der Waals surface area contributed by atoms with E-state index in [1.54, 1.807) is 0 Å². The lowest BCUT2D eigenvalue weighted by Crippen LogP contribution is -2.24. The van der Waals surface area contributed by atoms with Crippen molar-refractivity contribution in [2.75, 3.05) is 5.73 Å². The first-order valence-electron chi connectivity index (χ1n) is 6.47. The van der Waals surface area contributed by atoms with E-state index in [0.29, 0.717) is 12.2 Å². The normalized spacial score (nSPS) is 10.5. The number of benzene rings is 1. The molecule has 0 spiro atoms. The van der Waals surface area contributed by atoms with Crippen molar-refractivity contribution in [3.63, 3.8) is 0 Å². The molecule has 2 aromatic rings. The molecule has 1 aromatic heterocycles. The van der Waals surface area contributed by atoms with Crippen molar-refractivity contribution in [3.05, 3.63) is 45.7 Å². The van der Waals surface area contributed by atoms with E-state index in [1.807, 2.05) is 31.2 Å². The van der Waals surface area contributed by atoms with Crippen LogP contribution in [0.4, 0.5) is 5.69 Å². The number of nitrogens with two attached hydrogens (primary N) is 1. The highest BCUT2D eigenvalue weighted by Crippen LogP contribution is 2.16. The van der Waals surface area contributed by atoms with Gasteiger partial charge in [-0.15, -0.1) is 0 Å². The summed E-state index contributed by atoms with van der Waals surface area (Å²) in [5, 5.41) is 9.62. The van der Waals surface area contributed by atoms with Gasteiger partial charge in [0.1, 0.15) is 0 Å². The van der Waals surface area contributed by atoms with Crippen molar-refractivity contribution < 1.29 is 4.79 Å². The third-order valence-corrected chi connectivity index (χ3v) is 3.49. The Hall–Kier alpha value is -1.82. The Morgan fingerprint density at radius 3 is 2.75 bits per heavy atom. The molecule has 0 unspecified atom stereocenters. The van der Waals surface area contributed by atoms with E-state index in [9.17, 15) is 4.79 Å². The second kappa shape index (κ2) is 6.56. The highest BCUT2D eigenvalue weighted by atomic mass is 79.9. The summed E-state index contributed by atoms with van der Waals surface area (Å²) in [6.07, 6.45) is 1.74. The van der Waals surface area contributed by atoms with Crippen LogP contribution in [0.25, 0.3) is 0 Å². The first-order chi connectivity index (χ1) is 9.61. The molecule has 0 bridgehead atoms. The number of aromatic amines is 1. The van der Waals surface area contributed by atoms with Crippen LogP contribution in [0.2, 0.25) is 0 Å². The van der Waals surface area contributed by atoms with Crippen LogP contribution in [0.5, 0.6) is 0 Å². The van der Waals surface area contributed by atoms with Crippen LogP contribution in [0.15, 0.2) is 28.7 Å². The number of nitrogens with zero attached hydrogens (tertiary/aromatic N) is 1. The SMILES string of the molecule is CCCc1[nH]nc(C(=O)NCc2ccc(Br)cc2)c1N. The number of H-pyrrole nitrogens is 1. The minimum atomic E-state index is -0.260. The van der Waals surface area contributed by atoms with Crippen LogP contribution in [-0.4, -0.2) is 16.1 Å². The largest absolute Gasteiger partial charge is 0.395 e.